The fraction of sp³-hybridized carbons (Fsp3) is 0.538. The average molecular weight is 596 g/mol. The molecule has 0 saturated carbocycles. The molecule has 1 aliphatic heterocycles. The summed E-state index contributed by atoms with van der Waals surface area (Å²) in [6.07, 6.45) is 3.05. The van der Waals surface area contributed by atoms with Crippen LogP contribution in [-0.4, -0.2) is 88.8 Å². The number of nitrogens with zero attached hydrogens (tertiary/aromatic N) is 4. The summed E-state index contributed by atoms with van der Waals surface area (Å²) in [7, 11) is 0.155. The van der Waals surface area contributed by atoms with Crippen LogP contribution in [0.1, 0.15) is 39.2 Å². The zero-order chi connectivity index (χ0) is 29.7. The second-order valence-electron chi connectivity index (χ2n) is 10.4. The van der Waals surface area contributed by atoms with E-state index in [4.69, 9.17) is 9.47 Å². The molecule has 2 atom stereocenters. The third-order valence-electron chi connectivity index (χ3n) is 6.03. The van der Waals surface area contributed by atoms with Crippen molar-refractivity contribution in [2.75, 3.05) is 26.5 Å². The van der Waals surface area contributed by atoms with Crippen LogP contribution in [0.4, 0.5) is 4.79 Å². The van der Waals surface area contributed by atoms with Crippen molar-refractivity contribution < 1.29 is 32.3 Å². The normalized spacial score (nSPS) is 17.2. The van der Waals surface area contributed by atoms with Gasteiger partial charge in [0.1, 0.15) is 22.1 Å². The molecule has 1 aromatic carbocycles. The molecule has 1 fully saturated rings. The maximum atomic E-state index is 14.0. The quantitative estimate of drug-likeness (QED) is 0.304. The number of aryl methyl sites for hydroxylation is 1. The van der Waals surface area contributed by atoms with Gasteiger partial charge >= 0.3 is 12.1 Å². The Labute approximate surface area is 239 Å². The van der Waals surface area contributed by atoms with E-state index in [2.05, 4.69) is 10.4 Å². The van der Waals surface area contributed by atoms with Crippen molar-refractivity contribution in [3.63, 3.8) is 0 Å². The summed E-state index contributed by atoms with van der Waals surface area (Å²) in [6.45, 7) is 5.84. The van der Waals surface area contributed by atoms with Crippen LogP contribution in [-0.2, 0) is 37.8 Å². The summed E-state index contributed by atoms with van der Waals surface area (Å²) in [5.74, 6) is -0.759. The van der Waals surface area contributed by atoms with Crippen LogP contribution in [0.5, 0.6) is 5.75 Å². The van der Waals surface area contributed by atoms with Crippen molar-refractivity contribution in [1.82, 2.24) is 24.3 Å². The van der Waals surface area contributed by atoms with Crippen LogP contribution in [0, 0.1) is 0 Å². The lowest BCUT2D eigenvalue weighted by Gasteiger charge is -2.31. The van der Waals surface area contributed by atoms with Crippen LogP contribution in [0.15, 0.2) is 41.6 Å². The van der Waals surface area contributed by atoms with Crippen molar-refractivity contribution in [2.24, 2.45) is 7.05 Å². The van der Waals surface area contributed by atoms with Gasteiger partial charge in [-0.05, 0) is 38.0 Å². The Morgan fingerprint density at radius 3 is 2.42 bits per heavy atom. The first-order chi connectivity index (χ1) is 18.7. The van der Waals surface area contributed by atoms with E-state index < -0.39 is 44.9 Å². The zero-order valence-corrected chi connectivity index (χ0v) is 25.3. The van der Waals surface area contributed by atoms with Gasteiger partial charge in [0.15, 0.2) is 0 Å². The molecule has 0 radical (unpaired) electrons. The number of thioether (sulfide) groups is 1. The van der Waals surface area contributed by atoms with Crippen molar-refractivity contribution in [3.05, 3.63) is 42.2 Å². The van der Waals surface area contributed by atoms with Gasteiger partial charge in [-0.2, -0.15) is 5.10 Å². The molecule has 0 bridgehead atoms. The molecule has 1 aromatic heterocycles. The van der Waals surface area contributed by atoms with E-state index in [0.717, 1.165) is 12.6 Å². The molecule has 220 valence electrons. The van der Waals surface area contributed by atoms with Gasteiger partial charge in [-0.1, -0.05) is 25.5 Å². The van der Waals surface area contributed by atoms with Crippen molar-refractivity contribution >= 4 is 39.8 Å². The number of sulfonamides is 1. The van der Waals surface area contributed by atoms with Crippen LogP contribution in [0.3, 0.4) is 0 Å². The lowest BCUT2D eigenvalue weighted by molar-refractivity contribution is -0.151. The van der Waals surface area contributed by atoms with Gasteiger partial charge < -0.3 is 14.4 Å². The minimum Gasteiger partial charge on any atom is -0.464 e. The third-order valence-corrected chi connectivity index (χ3v) is 9.33. The highest BCUT2D eigenvalue weighted by molar-refractivity contribution is 8.01. The molecular formula is C26H37N5O7S2. The Bertz CT molecular complexity index is 1310. The minimum atomic E-state index is -4.51. The van der Waals surface area contributed by atoms with Gasteiger partial charge in [0.25, 0.3) is 15.9 Å². The highest BCUT2D eigenvalue weighted by Crippen LogP contribution is 2.31. The Morgan fingerprint density at radius 2 is 1.90 bits per heavy atom. The van der Waals surface area contributed by atoms with Gasteiger partial charge in [0, 0.05) is 45.1 Å². The number of amides is 2. The van der Waals surface area contributed by atoms with Crippen LogP contribution in [0.25, 0.3) is 0 Å². The van der Waals surface area contributed by atoms with E-state index in [0.29, 0.717) is 22.0 Å². The number of carbonyl (C=O) groups is 3. The van der Waals surface area contributed by atoms with Gasteiger partial charge in [-0.3, -0.25) is 14.8 Å². The Kier molecular flexibility index (Phi) is 10.2. The summed E-state index contributed by atoms with van der Waals surface area (Å²) in [5, 5.41) is 6.23. The van der Waals surface area contributed by atoms with Gasteiger partial charge in [0.2, 0.25) is 0 Å². The molecule has 0 spiro atoms. The summed E-state index contributed by atoms with van der Waals surface area (Å²) in [4.78, 5) is 40.4. The fourth-order valence-electron chi connectivity index (χ4n) is 3.85. The number of aromatic nitrogens is 2. The second kappa shape index (κ2) is 13.0. The maximum absolute atomic E-state index is 14.0. The summed E-state index contributed by atoms with van der Waals surface area (Å²) >= 11 is 1.28. The molecule has 1 N–H and O–H groups in total. The number of unbranched alkanes of at least 4 members (excludes halogenated alkanes) is 1. The summed E-state index contributed by atoms with van der Waals surface area (Å²) in [6, 6.07) is 4.80. The van der Waals surface area contributed by atoms with Crippen LogP contribution >= 0.6 is 11.8 Å². The fourth-order valence-corrected chi connectivity index (χ4v) is 6.77. The lowest BCUT2D eigenvalue weighted by Crippen LogP contribution is -2.56. The van der Waals surface area contributed by atoms with E-state index in [1.165, 1.54) is 39.7 Å². The predicted molar refractivity (Wildman–Crippen MR) is 150 cm³/mol. The number of hydrogen-bond acceptors (Lipinski definition) is 10. The van der Waals surface area contributed by atoms with Crippen molar-refractivity contribution in [1.29, 1.82) is 0 Å². The highest BCUT2D eigenvalue weighted by atomic mass is 32.2. The number of ether oxygens (including phenoxy) is 2. The number of benzene rings is 1. The van der Waals surface area contributed by atoms with E-state index >= 15 is 0 Å². The minimum absolute atomic E-state index is 0.0870. The molecule has 14 heteroatoms. The van der Waals surface area contributed by atoms with E-state index in [-0.39, 0.29) is 23.7 Å². The molecule has 2 amide bonds. The average Bonchev–Trinajstić information content (AvgIpc) is 3.49. The highest BCUT2D eigenvalue weighted by Gasteiger charge is 2.46. The maximum Gasteiger partial charge on any atom is 0.414 e. The lowest BCUT2D eigenvalue weighted by atomic mass is 10.1. The van der Waals surface area contributed by atoms with Crippen molar-refractivity contribution in [2.45, 2.75) is 61.9 Å². The number of esters is 1. The molecule has 3 rings (SSSR count). The SMILES string of the molecule is CCCCOC(=O)[C@H](Cc1ccc(OC(=O)N(C)C)cc1)N(C(=O)[C@H]1NC(C)(C)CS1)S(=O)(=O)c1cnn(C)c1. The first-order valence-corrected chi connectivity index (χ1v) is 15.3. The van der Waals surface area contributed by atoms with Gasteiger partial charge in [-0.15, -0.1) is 11.8 Å². The number of rotatable bonds is 11. The first-order valence-electron chi connectivity index (χ1n) is 12.9. The topological polar surface area (TPSA) is 140 Å². The standard InChI is InChI=1S/C26H37N5O7S2/c1-7-8-13-37-24(33)21(14-18-9-11-19(12-10-18)38-25(34)29(4)5)31(23(32)22-28-26(2,3)17-39-22)40(35,36)20-15-27-30(6)16-20/h9-12,15-16,21-22,28H,7-8,13-14,17H2,1-6H3/t21-,22-/m0/s1. The Balaban J connectivity index is 2.02. The molecule has 1 aliphatic rings. The predicted octanol–water partition coefficient (Wildman–Crippen LogP) is 2.39. The summed E-state index contributed by atoms with van der Waals surface area (Å²) in [5.41, 5.74) is 0.125. The molecular weight excluding hydrogens is 558 g/mol. The Morgan fingerprint density at radius 1 is 1.23 bits per heavy atom. The zero-order valence-electron chi connectivity index (χ0n) is 23.6. The summed E-state index contributed by atoms with van der Waals surface area (Å²) < 4.78 is 40.6. The molecule has 0 unspecified atom stereocenters. The van der Waals surface area contributed by atoms with Crippen molar-refractivity contribution in [3.8, 4) is 5.75 Å². The second-order valence-corrected chi connectivity index (χ2v) is 13.3. The smallest absolute Gasteiger partial charge is 0.414 e. The molecule has 12 nitrogen and oxygen atoms in total. The van der Waals surface area contributed by atoms with Crippen LogP contribution < -0.4 is 10.1 Å². The van der Waals surface area contributed by atoms with E-state index in [1.54, 1.807) is 33.3 Å². The molecule has 1 saturated heterocycles. The van der Waals surface area contributed by atoms with Gasteiger partial charge in [0.05, 0.1) is 12.8 Å². The molecule has 2 heterocycles. The van der Waals surface area contributed by atoms with E-state index in [1.807, 2.05) is 20.8 Å². The number of hydrogen-bond donors (Lipinski definition) is 1. The molecule has 2 aromatic rings. The Hall–Kier alpha value is -3.10. The monoisotopic (exact) mass is 595 g/mol. The van der Waals surface area contributed by atoms with E-state index in [9.17, 15) is 22.8 Å². The number of carbonyl (C=O) groups excluding carboxylic acids is 3. The first kappa shape index (κ1) is 31.4. The largest absolute Gasteiger partial charge is 0.464 e. The third kappa shape index (κ3) is 7.76. The van der Waals surface area contributed by atoms with Crippen LogP contribution in [0.2, 0.25) is 0 Å². The number of nitrogens with one attached hydrogen (secondary N) is 1. The molecule has 0 aliphatic carbocycles. The molecule has 40 heavy (non-hydrogen) atoms. The van der Waals surface area contributed by atoms with Gasteiger partial charge in [-0.25, -0.2) is 22.3 Å².